The fourth-order valence-electron chi connectivity index (χ4n) is 1.28. The minimum Gasteiger partial charge on any atom is -0.257 e. The van der Waals surface area contributed by atoms with Gasteiger partial charge in [0.15, 0.2) is 0 Å². The molecule has 0 atom stereocenters. The lowest BCUT2D eigenvalue weighted by Crippen LogP contribution is -1.76. The average molecular weight is 243 g/mol. The van der Waals surface area contributed by atoms with Gasteiger partial charge in [-0.3, -0.25) is 4.98 Å². The second kappa shape index (κ2) is 5.97. The Kier molecular flexibility index (Phi) is 4.05. The molecule has 0 unspecified atom stereocenters. The maximum atomic E-state index is 5.70. The van der Waals surface area contributed by atoms with E-state index in [1.54, 1.807) is 18.5 Å². The first-order valence-electron chi connectivity index (χ1n) is 5.22. The molecule has 2 nitrogen and oxygen atoms in total. The largest absolute Gasteiger partial charge is 0.257 e. The number of halogens is 1. The average Bonchev–Trinajstić information content (AvgIpc) is 2.38. The van der Waals surface area contributed by atoms with E-state index in [1.165, 1.54) is 0 Å². The van der Waals surface area contributed by atoms with Crippen molar-refractivity contribution >= 4 is 23.8 Å². The molecule has 0 amide bonds. The van der Waals surface area contributed by atoms with E-state index in [4.69, 9.17) is 11.6 Å². The third kappa shape index (κ3) is 3.85. The van der Waals surface area contributed by atoms with Gasteiger partial charge in [-0.25, -0.2) is 4.98 Å². The Morgan fingerprint density at radius 3 is 2.53 bits per heavy atom. The van der Waals surface area contributed by atoms with Gasteiger partial charge < -0.3 is 0 Å². The molecule has 2 rings (SSSR count). The number of hydrogen-bond acceptors (Lipinski definition) is 2. The molecular weight excluding hydrogens is 232 g/mol. The Morgan fingerprint density at radius 2 is 1.82 bits per heavy atom. The van der Waals surface area contributed by atoms with Crippen molar-refractivity contribution in [2.45, 2.75) is 0 Å². The van der Waals surface area contributed by atoms with Gasteiger partial charge in [-0.15, -0.1) is 0 Å². The van der Waals surface area contributed by atoms with Crippen LogP contribution >= 0.6 is 11.6 Å². The van der Waals surface area contributed by atoms with Crippen LogP contribution < -0.4 is 0 Å². The summed E-state index contributed by atoms with van der Waals surface area (Å²) in [4.78, 5) is 8.18. The highest BCUT2D eigenvalue weighted by Crippen LogP contribution is 2.06. The summed E-state index contributed by atoms with van der Waals surface area (Å²) in [5, 5.41) is 0.506. The van der Waals surface area contributed by atoms with Crippen LogP contribution in [0.15, 0.2) is 54.9 Å². The van der Waals surface area contributed by atoms with Gasteiger partial charge in [0.1, 0.15) is 5.15 Å². The van der Waals surface area contributed by atoms with E-state index in [2.05, 4.69) is 9.97 Å². The number of nitrogens with zero attached hydrogens (tertiary/aromatic N) is 2. The predicted molar refractivity (Wildman–Crippen MR) is 71.6 cm³/mol. The zero-order chi connectivity index (χ0) is 11.9. The molecule has 0 bridgehead atoms. The minimum absolute atomic E-state index is 0.506. The summed E-state index contributed by atoms with van der Waals surface area (Å²) in [5.41, 5.74) is 1.95. The fourth-order valence-corrected chi connectivity index (χ4v) is 1.39. The second-order valence-electron chi connectivity index (χ2n) is 3.39. The first kappa shape index (κ1) is 11.6. The lowest BCUT2D eigenvalue weighted by atomic mass is 10.2. The van der Waals surface area contributed by atoms with Crippen molar-refractivity contribution < 1.29 is 0 Å². The smallest absolute Gasteiger partial charge is 0.129 e. The molecule has 2 heterocycles. The van der Waals surface area contributed by atoms with Crippen LogP contribution in [-0.4, -0.2) is 9.97 Å². The van der Waals surface area contributed by atoms with E-state index < -0.39 is 0 Å². The quantitative estimate of drug-likeness (QED) is 0.603. The third-order valence-electron chi connectivity index (χ3n) is 2.10. The van der Waals surface area contributed by atoms with Crippen LogP contribution in [0.4, 0.5) is 0 Å². The zero-order valence-corrected chi connectivity index (χ0v) is 9.88. The molecule has 0 aliphatic carbocycles. The van der Waals surface area contributed by atoms with Crippen LogP contribution in [0.1, 0.15) is 11.3 Å². The second-order valence-corrected chi connectivity index (χ2v) is 3.77. The van der Waals surface area contributed by atoms with Crippen LogP contribution in [0.25, 0.3) is 12.2 Å². The van der Waals surface area contributed by atoms with E-state index in [-0.39, 0.29) is 0 Å². The van der Waals surface area contributed by atoms with Gasteiger partial charge in [0.2, 0.25) is 0 Å². The number of hydrogen-bond donors (Lipinski definition) is 0. The predicted octanol–water partition coefficient (Wildman–Crippen LogP) is 3.86. The minimum atomic E-state index is 0.506. The molecule has 0 aliphatic heterocycles. The van der Waals surface area contributed by atoms with E-state index in [0.717, 1.165) is 11.3 Å². The van der Waals surface area contributed by atoms with Crippen molar-refractivity contribution in [1.29, 1.82) is 0 Å². The highest BCUT2D eigenvalue weighted by molar-refractivity contribution is 6.29. The SMILES string of the molecule is Clc1ccc(/C=C/C=C/c2ccccn2)cn1. The van der Waals surface area contributed by atoms with Crippen LogP contribution in [0.2, 0.25) is 5.15 Å². The molecule has 2 aromatic rings. The lowest BCUT2D eigenvalue weighted by Gasteiger charge is -1.91. The maximum Gasteiger partial charge on any atom is 0.129 e. The highest BCUT2D eigenvalue weighted by Gasteiger charge is 1.87. The van der Waals surface area contributed by atoms with Crippen LogP contribution in [0.5, 0.6) is 0 Å². The molecule has 0 fully saturated rings. The van der Waals surface area contributed by atoms with Crippen molar-refractivity contribution in [2.24, 2.45) is 0 Å². The topological polar surface area (TPSA) is 25.8 Å². The normalized spacial score (nSPS) is 11.4. The van der Waals surface area contributed by atoms with Crippen molar-refractivity contribution in [2.75, 3.05) is 0 Å². The van der Waals surface area contributed by atoms with Gasteiger partial charge in [0.25, 0.3) is 0 Å². The summed E-state index contributed by atoms with van der Waals surface area (Å²) in [5.74, 6) is 0. The Labute approximate surface area is 105 Å². The van der Waals surface area contributed by atoms with Crippen molar-refractivity contribution in [3.63, 3.8) is 0 Å². The molecule has 0 aliphatic rings. The van der Waals surface area contributed by atoms with Gasteiger partial charge in [-0.05, 0) is 29.8 Å². The van der Waals surface area contributed by atoms with Gasteiger partial charge in [0, 0.05) is 12.4 Å². The molecule has 0 N–H and O–H groups in total. The van der Waals surface area contributed by atoms with Gasteiger partial charge >= 0.3 is 0 Å². The molecule has 0 spiro atoms. The molecular formula is C14H11ClN2. The Balaban J connectivity index is 1.98. The summed E-state index contributed by atoms with van der Waals surface area (Å²) < 4.78 is 0. The molecule has 84 valence electrons. The molecule has 0 saturated carbocycles. The number of rotatable bonds is 3. The summed E-state index contributed by atoms with van der Waals surface area (Å²) in [6.45, 7) is 0. The van der Waals surface area contributed by atoms with Gasteiger partial charge in [-0.2, -0.15) is 0 Å². The van der Waals surface area contributed by atoms with Crippen molar-refractivity contribution in [3.05, 3.63) is 71.3 Å². The first-order valence-corrected chi connectivity index (χ1v) is 5.60. The van der Waals surface area contributed by atoms with E-state index >= 15 is 0 Å². The number of pyridine rings is 2. The van der Waals surface area contributed by atoms with E-state index in [1.807, 2.05) is 48.6 Å². The van der Waals surface area contributed by atoms with Gasteiger partial charge in [-0.1, -0.05) is 42.0 Å². The highest BCUT2D eigenvalue weighted by atomic mass is 35.5. The standard InChI is InChI=1S/C14H11ClN2/c15-14-9-8-12(11-17-14)5-1-2-6-13-7-3-4-10-16-13/h1-11H/b5-1+,6-2+. The monoisotopic (exact) mass is 242 g/mol. The van der Waals surface area contributed by atoms with Crippen molar-refractivity contribution in [3.8, 4) is 0 Å². The fraction of sp³-hybridized carbons (Fsp3) is 0. The van der Waals surface area contributed by atoms with Crippen LogP contribution in [-0.2, 0) is 0 Å². The third-order valence-corrected chi connectivity index (χ3v) is 2.33. The number of allylic oxidation sites excluding steroid dienone is 2. The molecule has 0 radical (unpaired) electrons. The zero-order valence-electron chi connectivity index (χ0n) is 9.12. The van der Waals surface area contributed by atoms with Crippen molar-refractivity contribution in [1.82, 2.24) is 9.97 Å². The molecule has 17 heavy (non-hydrogen) atoms. The Bertz CT molecular complexity index is 516. The summed E-state index contributed by atoms with van der Waals surface area (Å²) >= 11 is 5.70. The number of aromatic nitrogens is 2. The van der Waals surface area contributed by atoms with Gasteiger partial charge in [0.05, 0.1) is 5.69 Å². The maximum absolute atomic E-state index is 5.70. The summed E-state index contributed by atoms with van der Waals surface area (Å²) in [6, 6.07) is 9.49. The Hall–Kier alpha value is -1.93. The first-order chi connectivity index (χ1) is 8.34. The lowest BCUT2D eigenvalue weighted by molar-refractivity contribution is 1.30. The molecule has 2 aromatic heterocycles. The van der Waals surface area contributed by atoms with E-state index in [0.29, 0.717) is 5.15 Å². The molecule has 0 saturated heterocycles. The summed E-state index contributed by atoms with van der Waals surface area (Å²) in [6.07, 6.45) is 11.3. The van der Waals surface area contributed by atoms with Crippen LogP contribution in [0.3, 0.4) is 0 Å². The van der Waals surface area contributed by atoms with E-state index in [9.17, 15) is 0 Å². The summed E-state index contributed by atoms with van der Waals surface area (Å²) in [7, 11) is 0. The molecule has 0 aromatic carbocycles. The van der Waals surface area contributed by atoms with Crippen LogP contribution in [0, 0.1) is 0 Å². The molecule has 3 heteroatoms. The Morgan fingerprint density at radius 1 is 0.941 bits per heavy atom.